The molecule has 1 N–H and O–H groups in total. The van der Waals surface area contributed by atoms with E-state index < -0.39 is 4.92 Å². The minimum atomic E-state index is -0.422. The summed E-state index contributed by atoms with van der Waals surface area (Å²) in [5.74, 6) is 0.450. The number of likely N-dealkylation sites (N-methyl/N-ethyl adjacent to an activating group) is 1. The lowest BCUT2D eigenvalue weighted by Gasteiger charge is -2.12. The van der Waals surface area contributed by atoms with Gasteiger partial charge in [-0.05, 0) is 23.8 Å². The van der Waals surface area contributed by atoms with Crippen molar-refractivity contribution >= 4 is 17.3 Å². The van der Waals surface area contributed by atoms with Crippen molar-refractivity contribution in [3.8, 4) is 5.75 Å². The van der Waals surface area contributed by atoms with Crippen molar-refractivity contribution in [3.63, 3.8) is 0 Å². The third-order valence-corrected chi connectivity index (χ3v) is 3.34. The van der Waals surface area contributed by atoms with Crippen molar-refractivity contribution in [2.24, 2.45) is 0 Å². The minimum Gasteiger partial charge on any atom is -0.484 e. The number of amides is 1. The second-order valence-corrected chi connectivity index (χ2v) is 5.35. The minimum absolute atomic E-state index is 0.0292. The van der Waals surface area contributed by atoms with Crippen LogP contribution in [0.5, 0.6) is 5.75 Å². The van der Waals surface area contributed by atoms with Gasteiger partial charge in [0.2, 0.25) is 0 Å². The van der Waals surface area contributed by atoms with Crippen LogP contribution < -0.4 is 10.1 Å². The topological polar surface area (TPSA) is 84.7 Å². The maximum atomic E-state index is 11.5. The molecule has 2 aromatic carbocycles. The highest BCUT2D eigenvalue weighted by molar-refractivity contribution is 5.77. The molecule has 0 aliphatic carbocycles. The average molecular weight is 329 g/mol. The summed E-state index contributed by atoms with van der Waals surface area (Å²) in [6.07, 6.45) is 0. The van der Waals surface area contributed by atoms with Gasteiger partial charge in [0, 0.05) is 26.7 Å². The predicted molar refractivity (Wildman–Crippen MR) is 91.1 cm³/mol. The molecule has 0 radical (unpaired) electrons. The first-order valence-electron chi connectivity index (χ1n) is 7.36. The largest absolute Gasteiger partial charge is 0.484 e. The molecule has 0 atom stereocenters. The van der Waals surface area contributed by atoms with Crippen LogP contribution in [-0.4, -0.2) is 36.4 Å². The Morgan fingerprint density at radius 3 is 2.67 bits per heavy atom. The monoisotopic (exact) mass is 329 g/mol. The van der Waals surface area contributed by atoms with E-state index in [1.165, 1.54) is 11.0 Å². The molecule has 24 heavy (non-hydrogen) atoms. The highest BCUT2D eigenvalue weighted by Crippen LogP contribution is 2.24. The molecule has 0 heterocycles. The molecule has 7 heteroatoms. The van der Waals surface area contributed by atoms with Crippen LogP contribution in [0, 0.1) is 10.1 Å². The Morgan fingerprint density at radius 2 is 1.96 bits per heavy atom. The van der Waals surface area contributed by atoms with Gasteiger partial charge in [-0.1, -0.05) is 24.3 Å². The lowest BCUT2D eigenvalue weighted by Crippen LogP contribution is -2.27. The van der Waals surface area contributed by atoms with Gasteiger partial charge in [0.25, 0.3) is 11.6 Å². The fraction of sp³-hybridized carbons (Fsp3) is 0.235. The number of anilines is 1. The third kappa shape index (κ3) is 4.70. The molecule has 7 nitrogen and oxygen atoms in total. The molecule has 0 aromatic heterocycles. The first kappa shape index (κ1) is 17.3. The van der Waals surface area contributed by atoms with Gasteiger partial charge >= 0.3 is 0 Å². The zero-order chi connectivity index (χ0) is 17.5. The van der Waals surface area contributed by atoms with E-state index in [1.54, 1.807) is 44.4 Å². The maximum absolute atomic E-state index is 11.5. The van der Waals surface area contributed by atoms with Gasteiger partial charge < -0.3 is 15.0 Å². The third-order valence-electron chi connectivity index (χ3n) is 3.34. The van der Waals surface area contributed by atoms with Gasteiger partial charge in [0.15, 0.2) is 6.61 Å². The van der Waals surface area contributed by atoms with E-state index in [1.807, 2.05) is 12.1 Å². The number of benzene rings is 2. The van der Waals surface area contributed by atoms with Crippen LogP contribution in [0.3, 0.4) is 0 Å². The quantitative estimate of drug-likeness (QED) is 0.623. The maximum Gasteiger partial charge on any atom is 0.292 e. The summed E-state index contributed by atoms with van der Waals surface area (Å²) in [5.41, 5.74) is 1.38. The van der Waals surface area contributed by atoms with E-state index in [4.69, 9.17) is 4.74 Å². The number of para-hydroxylation sites is 2. The Bertz CT molecular complexity index is 731. The summed E-state index contributed by atoms with van der Waals surface area (Å²) >= 11 is 0. The summed E-state index contributed by atoms with van der Waals surface area (Å²) in [7, 11) is 3.33. The Labute approximate surface area is 140 Å². The van der Waals surface area contributed by atoms with Crippen molar-refractivity contribution in [1.82, 2.24) is 4.90 Å². The van der Waals surface area contributed by atoms with Crippen LogP contribution in [0.2, 0.25) is 0 Å². The summed E-state index contributed by atoms with van der Waals surface area (Å²) in [6.45, 7) is 0.373. The van der Waals surface area contributed by atoms with Gasteiger partial charge in [-0.3, -0.25) is 14.9 Å². The molecule has 0 saturated heterocycles. The van der Waals surface area contributed by atoms with E-state index in [-0.39, 0.29) is 18.2 Å². The molecular weight excluding hydrogens is 310 g/mol. The average Bonchev–Trinajstić information content (AvgIpc) is 2.58. The first-order valence-corrected chi connectivity index (χ1v) is 7.36. The Morgan fingerprint density at radius 1 is 1.21 bits per heavy atom. The normalized spacial score (nSPS) is 10.1. The number of carbonyl (C=O) groups excluding carboxylic acids is 1. The van der Waals surface area contributed by atoms with Crippen LogP contribution >= 0.6 is 0 Å². The zero-order valence-corrected chi connectivity index (χ0v) is 13.6. The number of rotatable bonds is 7. The second kappa shape index (κ2) is 7.96. The van der Waals surface area contributed by atoms with Crippen molar-refractivity contribution in [3.05, 3.63) is 64.2 Å². The molecule has 1 amide bonds. The summed E-state index contributed by atoms with van der Waals surface area (Å²) < 4.78 is 5.46. The Kier molecular flexibility index (Phi) is 5.73. The molecule has 0 aliphatic rings. The van der Waals surface area contributed by atoms with Gasteiger partial charge in [-0.25, -0.2) is 0 Å². The van der Waals surface area contributed by atoms with Crippen LogP contribution in [0.4, 0.5) is 11.4 Å². The van der Waals surface area contributed by atoms with Gasteiger partial charge in [0.05, 0.1) is 4.92 Å². The fourth-order valence-corrected chi connectivity index (χ4v) is 2.00. The summed E-state index contributed by atoms with van der Waals surface area (Å²) in [4.78, 5) is 23.6. The Balaban J connectivity index is 2.00. The highest BCUT2D eigenvalue weighted by atomic mass is 16.6. The molecule has 0 fully saturated rings. The molecule has 0 bridgehead atoms. The smallest absolute Gasteiger partial charge is 0.292 e. The summed E-state index contributed by atoms with van der Waals surface area (Å²) in [6, 6.07) is 13.7. The number of nitrogens with one attached hydrogen (secondary N) is 1. The highest BCUT2D eigenvalue weighted by Gasteiger charge is 2.11. The lowest BCUT2D eigenvalue weighted by atomic mass is 10.2. The second-order valence-electron chi connectivity index (χ2n) is 5.35. The van der Waals surface area contributed by atoms with E-state index in [0.717, 1.165) is 5.56 Å². The van der Waals surface area contributed by atoms with Gasteiger partial charge in [-0.15, -0.1) is 0 Å². The predicted octanol–water partition coefficient (Wildman–Crippen LogP) is 2.67. The molecule has 0 spiro atoms. The van der Waals surface area contributed by atoms with Crippen molar-refractivity contribution in [1.29, 1.82) is 0 Å². The van der Waals surface area contributed by atoms with Crippen LogP contribution in [-0.2, 0) is 11.3 Å². The van der Waals surface area contributed by atoms with E-state index in [0.29, 0.717) is 18.0 Å². The number of nitro groups is 1. The van der Waals surface area contributed by atoms with Crippen LogP contribution in [0.1, 0.15) is 5.56 Å². The zero-order valence-electron chi connectivity index (χ0n) is 13.6. The number of carbonyl (C=O) groups is 1. The number of ether oxygens (including phenoxy) is 1. The van der Waals surface area contributed by atoms with Crippen LogP contribution in [0.15, 0.2) is 48.5 Å². The van der Waals surface area contributed by atoms with Gasteiger partial charge in [0.1, 0.15) is 11.4 Å². The van der Waals surface area contributed by atoms with E-state index in [2.05, 4.69) is 5.32 Å². The number of nitrogens with zero attached hydrogens (tertiary/aromatic N) is 2. The van der Waals surface area contributed by atoms with Crippen molar-refractivity contribution in [2.75, 3.05) is 26.0 Å². The molecule has 0 saturated carbocycles. The van der Waals surface area contributed by atoms with Gasteiger partial charge in [-0.2, -0.15) is 0 Å². The molecule has 0 aliphatic heterocycles. The SMILES string of the molecule is CN(C)C(=O)COc1cccc(CNc2ccccc2[N+](=O)[O-])c1. The molecule has 2 rings (SSSR count). The lowest BCUT2D eigenvalue weighted by molar-refractivity contribution is -0.384. The molecule has 126 valence electrons. The number of nitro benzene ring substituents is 1. The molecular formula is C17H19N3O4. The first-order chi connectivity index (χ1) is 11.5. The Hall–Kier alpha value is -3.09. The van der Waals surface area contributed by atoms with Crippen LogP contribution in [0.25, 0.3) is 0 Å². The van der Waals surface area contributed by atoms with E-state index >= 15 is 0 Å². The van der Waals surface area contributed by atoms with Crippen molar-refractivity contribution in [2.45, 2.75) is 6.54 Å². The standard InChI is InChI=1S/C17H19N3O4/c1-19(2)17(21)12-24-14-7-5-6-13(10-14)11-18-15-8-3-4-9-16(15)20(22)23/h3-10,18H,11-12H2,1-2H3. The summed E-state index contributed by atoms with van der Waals surface area (Å²) in [5, 5.41) is 14.0. The molecule has 0 unspecified atom stereocenters. The number of hydrogen-bond acceptors (Lipinski definition) is 5. The number of hydrogen-bond donors (Lipinski definition) is 1. The van der Waals surface area contributed by atoms with Crippen molar-refractivity contribution < 1.29 is 14.5 Å². The fourth-order valence-electron chi connectivity index (χ4n) is 2.00. The van der Waals surface area contributed by atoms with E-state index in [9.17, 15) is 14.9 Å². The molecule has 2 aromatic rings.